The van der Waals surface area contributed by atoms with E-state index in [4.69, 9.17) is 0 Å². The van der Waals surface area contributed by atoms with Gasteiger partial charge in [-0.25, -0.2) is 0 Å². The van der Waals surface area contributed by atoms with Gasteiger partial charge < -0.3 is 10.4 Å². The van der Waals surface area contributed by atoms with Crippen molar-refractivity contribution in [2.75, 3.05) is 19.6 Å². The minimum atomic E-state index is -0.821. The largest absolute Gasteiger partial charge is 0.481 e. The zero-order chi connectivity index (χ0) is 18.1. The predicted octanol–water partition coefficient (Wildman–Crippen LogP) is 2.41. The molecule has 5 nitrogen and oxygen atoms in total. The molecule has 3 aliphatic rings. The molecule has 1 amide bonds. The summed E-state index contributed by atoms with van der Waals surface area (Å²) in [6.07, 6.45) is 6.12. The van der Waals surface area contributed by atoms with Crippen molar-refractivity contribution in [3.05, 3.63) is 35.9 Å². The number of amides is 1. The lowest BCUT2D eigenvalue weighted by Gasteiger charge is -2.39. The number of fused-ring (bicyclic) bond motifs is 2. The van der Waals surface area contributed by atoms with Crippen molar-refractivity contribution in [1.29, 1.82) is 0 Å². The van der Waals surface area contributed by atoms with Gasteiger partial charge in [-0.1, -0.05) is 36.8 Å². The first-order valence-corrected chi connectivity index (χ1v) is 9.87. The monoisotopic (exact) mass is 356 g/mol. The molecule has 1 aromatic rings. The maximum Gasteiger partial charge on any atom is 0.314 e. The van der Waals surface area contributed by atoms with E-state index in [1.165, 1.54) is 19.3 Å². The topological polar surface area (TPSA) is 69.6 Å². The Bertz CT molecular complexity index is 667. The summed E-state index contributed by atoms with van der Waals surface area (Å²) in [5.41, 5.74) is 0.0531. The Kier molecular flexibility index (Phi) is 4.74. The number of piperidine rings is 1. The number of benzene rings is 1. The molecular weight excluding hydrogens is 328 g/mol. The van der Waals surface area contributed by atoms with Gasteiger partial charge in [-0.2, -0.15) is 0 Å². The zero-order valence-electron chi connectivity index (χ0n) is 15.2. The molecule has 1 aromatic carbocycles. The van der Waals surface area contributed by atoms with Gasteiger partial charge in [0, 0.05) is 19.1 Å². The van der Waals surface area contributed by atoms with Crippen LogP contribution in [0.15, 0.2) is 30.3 Å². The maximum absolute atomic E-state index is 12.4. The van der Waals surface area contributed by atoms with Crippen molar-refractivity contribution < 1.29 is 14.7 Å². The van der Waals surface area contributed by atoms with Gasteiger partial charge in [0.25, 0.3) is 0 Å². The summed E-state index contributed by atoms with van der Waals surface area (Å²) in [6.45, 7) is 1.68. The molecule has 1 saturated heterocycles. The summed E-state index contributed by atoms with van der Waals surface area (Å²) in [5, 5.41) is 13.1. The Morgan fingerprint density at radius 3 is 2.42 bits per heavy atom. The average molecular weight is 356 g/mol. The van der Waals surface area contributed by atoms with Crippen molar-refractivity contribution in [3.63, 3.8) is 0 Å². The lowest BCUT2D eigenvalue weighted by molar-refractivity contribution is -0.146. The number of hydrogen-bond donors (Lipinski definition) is 2. The molecule has 0 aromatic heterocycles. The summed E-state index contributed by atoms with van der Waals surface area (Å²) in [6, 6.07) is 9.89. The number of carbonyl (C=O) groups excluding carboxylic acids is 1. The molecule has 0 unspecified atom stereocenters. The predicted molar refractivity (Wildman–Crippen MR) is 98.8 cm³/mol. The summed E-state index contributed by atoms with van der Waals surface area (Å²) in [5.74, 6) is 0.852. The smallest absolute Gasteiger partial charge is 0.314 e. The summed E-state index contributed by atoms with van der Waals surface area (Å²) in [7, 11) is 0. The van der Waals surface area contributed by atoms with Gasteiger partial charge in [0.05, 0.1) is 12.0 Å². The number of likely N-dealkylation sites (tertiary alicyclic amines) is 1. The second-order valence-electron chi connectivity index (χ2n) is 8.38. The van der Waals surface area contributed by atoms with Gasteiger partial charge in [0.1, 0.15) is 0 Å². The Morgan fingerprint density at radius 1 is 1.12 bits per heavy atom. The third-order valence-electron chi connectivity index (χ3n) is 6.90. The number of carbonyl (C=O) groups is 2. The molecule has 2 aliphatic carbocycles. The molecule has 2 N–H and O–H groups in total. The van der Waals surface area contributed by atoms with Crippen LogP contribution in [-0.2, 0) is 15.0 Å². The lowest BCUT2D eigenvalue weighted by Crippen LogP contribution is -2.50. The first-order chi connectivity index (χ1) is 12.6. The van der Waals surface area contributed by atoms with E-state index in [1.54, 1.807) is 0 Å². The van der Waals surface area contributed by atoms with Crippen LogP contribution in [-0.4, -0.2) is 47.6 Å². The lowest BCUT2D eigenvalue weighted by atomic mass is 9.73. The van der Waals surface area contributed by atoms with Crippen LogP contribution in [0.5, 0.6) is 0 Å². The molecule has 2 bridgehead atoms. The molecule has 0 radical (unpaired) electrons. The molecule has 3 atom stereocenters. The molecule has 1 heterocycles. The fourth-order valence-electron chi connectivity index (χ4n) is 5.35. The minimum absolute atomic E-state index is 0.102. The van der Waals surface area contributed by atoms with E-state index < -0.39 is 11.4 Å². The number of nitrogens with zero attached hydrogens (tertiary/aromatic N) is 1. The molecule has 140 valence electrons. The van der Waals surface area contributed by atoms with E-state index in [-0.39, 0.29) is 5.91 Å². The highest BCUT2D eigenvalue weighted by molar-refractivity contribution is 5.82. The normalized spacial score (nSPS) is 30.2. The molecule has 26 heavy (non-hydrogen) atoms. The number of rotatable bonds is 5. The van der Waals surface area contributed by atoms with E-state index in [2.05, 4.69) is 10.2 Å². The number of nitrogens with one attached hydrogen (secondary N) is 1. The molecular formula is C21H28N2O3. The van der Waals surface area contributed by atoms with Gasteiger partial charge in [-0.15, -0.1) is 0 Å². The van der Waals surface area contributed by atoms with Crippen molar-refractivity contribution >= 4 is 11.9 Å². The third kappa shape index (κ3) is 3.25. The van der Waals surface area contributed by atoms with Crippen LogP contribution in [0.1, 0.15) is 44.1 Å². The quantitative estimate of drug-likeness (QED) is 0.850. The second kappa shape index (κ2) is 7.03. The SMILES string of the molecule is O=C(CN1CCC(C(=O)O)(c2ccccc2)CC1)N[C@@H]1C[C@H]2CC[C@H]1C2. The van der Waals surface area contributed by atoms with Crippen molar-refractivity contribution in [2.45, 2.75) is 50.0 Å². The van der Waals surface area contributed by atoms with Crippen LogP contribution in [0.4, 0.5) is 0 Å². The fraction of sp³-hybridized carbons (Fsp3) is 0.619. The highest BCUT2D eigenvalue weighted by Gasteiger charge is 2.44. The highest BCUT2D eigenvalue weighted by atomic mass is 16.4. The standard InChI is InChI=1S/C21H28N2O3/c24-19(22-18-13-15-6-7-16(18)12-15)14-23-10-8-21(9-11-23,20(25)26)17-4-2-1-3-5-17/h1-5,15-16,18H,6-14H2,(H,22,24)(H,25,26)/t15-,16-,18+/m0/s1. The maximum atomic E-state index is 12.4. The van der Waals surface area contributed by atoms with E-state index >= 15 is 0 Å². The molecule has 5 heteroatoms. The van der Waals surface area contributed by atoms with E-state index in [9.17, 15) is 14.7 Å². The van der Waals surface area contributed by atoms with Crippen LogP contribution in [0.3, 0.4) is 0 Å². The van der Waals surface area contributed by atoms with Crippen LogP contribution >= 0.6 is 0 Å². The molecule has 1 aliphatic heterocycles. The zero-order valence-corrected chi connectivity index (χ0v) is 15.2. The Morgan fingerprint density at radius 2 is 1.85 bits per heavy atom. The first-order valence-electron chi connectivity index (χ1n) is 9.87. The van der Waals surface area contributed by atoms with Crippen LogP contribution in [0, 0.1) is 11.8 Å². The molecule has 2 saturated carbocycles. The fourth-order valence-corrected chi connectivity index (χ4v) is 5.35. The van der Waals surface area contributed by atoms with E-state index in [1.807, 2.05) is 30.3 Å². The molecule has 0 spiro atoms. The van der Waals surface area contributed by atoms with Gasteiger partial charge in [0.2, 0.25) is 5.91 Å². The number of carboxylic acid groups (broad SMARTS) is 1. The first kappa shape index (κ1) is 17.5. The van der Waals surface area contributed by atoms with Gasteiger partial charge >= 0.3 is 5.97 Å². The van der Waals surface area contributed by atoms with Crippen molar-refractivity contribution in [1.82, 2.24) is 10.2 Å². The van der Waals surface area contributed by atoms with E-state index in [0.717, 1.165) is 17.9 Å². The minimum Gasteiger partial charge on any atom is -0.481 e. The van der Waals surface area contributed by atoms with Crippen molar-refractivity contribution in [3.8, 4) is 0 Å². The second-order valence-corrected chi connectivity index (χ2v) is 8.38. The van der Waals surface area contributed by atoms with Crippen molar-refractivity contribution in [2.24, 2.45) is 11.8 Å². The Labute approximate surface area is 154 Å². The highest BCUT2D eigenvalue weighted by Crippen LogP contribution is 2.44. The Hall–Kier alpha value is -1.88. The molecule has 4 rings (SSSR count). The summed E-state index contributed by atoms with van der Waals surface area (Å²) < 4.78 is 0. The molecule has 3 fully saturated rings. The van der Waals surface area contributed by atoms with Gasteiger partial charge in [-0.05, 0) is 49.5 Å². The summed E-state index contributed by atoms with van der Waals surface area (Å²) in [4.78, 5) is 26.6. The van der Waals surface area contributed by atoms with E-state index in [0.29, 0.717) is 44.4 Å². The van der Waals surface area contributed by atoms with Crippen LogP contribution < -0.4 is 5.32 Å². The van der Waals surface area contributed by atoms with Gasteiger partial charge in [-0.3, -0.25) is 14.5 Å². The Balaban J connectivity index is 1.33. The number of aliphatic carboxylic acids is 1. The van der Waals surface area contributed by atoms with Crippen LogP contribution in [0.25, 0.3) is 0 Å². The average Bonchev–Trinajstić information content (AvgIpc) is 3.26. The van der Waals surface area contributed by atoms with Gasteiger partial charge in [0.15, 0.2) is 0 Å². The summed E-state index contributed by atoms with van der Waals surface area (Å²) >= 11 is 0. The third-order valence-corrected chi connectivity index (χ3v) is 6.90. The number of hydrogen-bond acceptors (Lipinski definition) is 3. The number of carboxylic acids is 1. The van der Waals surface area contributed by atoms with Crippen LogP contribution in [0.2, 0.25) is 0 Å².